The lowest BCUT2D eigenvalue weighted by Gasteiger charge is -2.48. The van der Waals surface area contributed by atoms with E-state index in [1.807, 2.05) is 13.0 Å². The van der Waals surface area contributed by atoms with Crippen LogP contribution in [0.15, 0.2) is 24.3 Å². The summed E-state index contributed by atoms with van der Waals surface area (Å²) >= 11 is 0. The van der Waals surface area contributed by atoms with Gasteiger partial charge >= 0.3 is 6.09 Å². The predicted molar refractivity (Wildman–Crippen MR) is 85.7 cm³/mol. The molecule has 2 aliphatic heterocycles. The van der Waals surface area contributed by atoms with Gasteiger partial charge in [-0.1, -0.05) is 12.1 Å². The van der Waals surface area contributed by atoms with E-state index in [1.54, 1.807) is 12.1 Å². The Hall–Kier alpha value is -1.66. The highest BCUT2D eigenvalue weighted by Crippen LogP contribution is 2.41. The van der Waals surface area contributed by atoms with Crippen molar-refractivity contribution in [2.75, 3.05) is 26.2 Å². The van der Waals surface area contributed by atoms with Gasteiger partial charge in [-0.25, -0.2) is 9.18 Å². The second-order valence-corrected chi connectivity index (χ2v) is 6.72. The van der Waals surface area contributed by atoms with Crippen LogP contribution in [0.25, 0.3) is 0 Å². The molecule has 5 nitrogen and oxygen atoms in total. The molecule has 0 saturated carbocycles. The van der Waals surface area contributed by atoms with Crippen molar-refractivity contribution in [3.8, 4) is 0 Å². The van der Waals surface area contributed by atoms with Crippen LogP contribution in [0.1, 0.15) is 31.2 Å². The average Bonchev–Trinajstić information content (AvgIpc) is 2.49. The molecule has 2 saturated heterocycles. The van der Waals surface area contributed by atoms with Gasteiger partial charge in [0.1, 0.15) is 11.4 Å². The van der Waals surface area contributed by atoms with E-state index in [-0.39, 0.29) is 23.9 Å². The molecule has 2 heterocycles. The number of piperidine rings is 1. The van der Waals surface area contributed by atoms with Gasteiger partial charge in [-0.3, -0.25) is 0 Å². The summed E-state index contributed by atoms with van der Waals surface area (Å²) in [6, 6.07) is 6.72. The Kier molecular flexibility index (Phi) is 4.55. The first-order chi connectivity index (χ1) is 11.0. The maximum Gasteiger partial charge on any atom is 0.407 e. The highest BCUT2D eigenvalue weighted by atomic mass is 19.1. The number of rotatable bonds is 3. The molecule has 23 heavy (non-hydrogen) atoms. The fourth-order valence-electron chi connectivity index (χ4n) is 3.78. The lowest BCUT2D eigenvalue weighted by Crippen LogP contribution is -2.58. The van der Waals surface area contributed by atoms with Crippen molar-refractivity contribution >= 4 is 6.09 Å². The SMILES string of the molecule is C[C@H](N)CN1CCC2(CC1)OC(=O)NC[C@H]2c1cccc(F)c1. The number of hydrogen-bond acceptors (Lipinski definition) is 4. The van der Waals surface area contributed by atoms with E-state index in [4.69, 9.17) is 10.5 Å². The van der Waals surface area contributed by atoms with Crippen LogP contribution in [0, 0.1) is 5.82 Å². The molecule has 3 N–H and O–H groups in total. The quantitative estimate of drug-likeness (QED) is 0.891. The second kappa shape index (κ2) is 6.45. The fourth-order valence-corrected chi connectivity index (χ4v) is 3.78. The van der Waals surface area contributed by atoms with Crippen LogP contribution < -0.4 is 11.1 Å². The number of likely N-dealkylation sites (tertiary alicyclic amines) is 1. The van der Waals surface area contributed by atoms with Gasteiger partial charge in [0.15, 0.2) is 0 Å². The van der Waals surface area contributed by atoms with Crippen molar-refractivity contribution in [2.24, 2.45) is 5.73 Å². The summed E-state index contributed by atoms with van der Waals surface area (Å²) in [6.45, 7) is 4.98. The summed E-state index contributed by atoms with van der Waals surface area (Å²) < 4.78 is 19.4. The van der Waals surface area contributed by atoms with Gasteiger partial charge in [-0.05, 0) is 24.6 Å². The summed E-state index contributed by atoms with van der Waals surface area (Å²) in [6.07, 6.45) is 1.11. The Morgan fingerprint density at radius 2 is 2.22 bits per heavy atom. The van der Waals surface area contributed by atoms with Crippen LogP contribution >= 0.6 is 0 Å². The molecule has 1 spiro atoms. The number of nitrogens with two attached hydrogens (primary N) is 1. The molecule has 0 bridgehead atoms. The molecule has 2 atom stereocenters. The molecule has 126 valence electrons. The maximum atomic E-state index is 13.6. The number of halogens is 1. The zero-order valence-electron chi connectivity index (χ0n) is 13.4. The van der Waals surface area contributed by atoms with Crippen molar-refractivity contribution in [3.05, 3.63) is 35.6 Å². The summed E-state index contributed by atoms with van der Waals surface area (Å²) in [7, 11) is 0. The van der Waals surface area contributed by atoms with Crippen LogP contribution in [0.4, 0.5) is 9.18 Å². The monoisotopic (exact) mass is 321 g/mol. The molecule has 2 fully saturated rings. The van der Waals surface area contributed by atoms with Gasteiger partial charge in [0.25, 0.3) is 0 Å². The molecule has 0 aliphatic carbocycles. The summed E-state index contributed by atoms with van der Waals surface area (Å²) in [5.41, 5.74) is 6.20. The number of nitrogens with zero attached hydrogens (tertiary/aromatic N) is 1. The second-order valence-electron chi connectivity index (χ2n) is 6.72. The van der Waals surface area contributed by atoms with Crippen LogP contribution in [-0.4, -0.2) is 48.8 Å². The molecule has 1 amide bonds. The van der Waals surface area contributed by atoms with Gasteiger partial charge in [0.05, 0.1) is 0 Å². The molecule has 1 aromatic rings. The normalized spacial score (nSPS) is 25.7. The lowest BCUT2D eigenvalue weighted by molar-refractivity contribution is -0.0694. The fraction of sp³-hybridized carbons (Fsp3) is 0.588. The molecule has 6 heteroatoms. The van der Waals surface area contributed by atoms with Crippen LogP contribution in [0.5, 0.6) is 0 Å². The third-order valence-corrected chi connectivity index (χ3v) is 4.88. The van der Waals surface area contributed by atoms with Gasteiger partial charge in [-0.2, -0.15) is 0 Å². The zero-order chi connectivity index (χ0) is 16.4. The van der Waals surface area contributed by atoms with E-state index in [9.17, 15) is 9.18 Å². The topological polar surface area (TPSA) is 67.6 Å². The van der Waals surface area contributed by atoms with Gasteiger partial charge in [0, 0.05) is 51.0 Å². The van der Waals surface area contributed by atoms with Gasteiger partial charge in [-0.15, -0.1) is 0 Å². The average molecular weight is 321 g/mol. The minimum atomic E-state index is -0.551. The number of carbonyl (C=O) groups excluding carboxylic acids is 1. The molecule has 0 radical (unpaired) electrons. The first-order valence-electron chi connectivity index (χ1n) is 8.19. The predicted octanol–water partition coefficient (Wildman–Crippen LogP) is 1.83. The number of nitrogens with one attached hydrogen (secondary N) is 1. The van der Waals surface area contributed by atoms with E-state index in [1.165, 1.54) is 6.07 Å². The van der Waals surface area contributed by atoms with Crippen molar-refractivity contribution in [1.82, 2.24) is 10.2 Å². The smallest absolute Gasteiger partial charge is 0.407 e. The highest BCUT2D eigenvalue weighted by Gasteiger charge is 2.48. The molecule has 0 aromatic heterocycles. The Balaban J connectivity index is 1.80. The third-order valence-electron chi connectivity index (χ3n) is 4.88. The Bertz CT molecular complexity index is 571. The van der Waals surface area contributed by atoms with Gasteiger partial charge in [0.2, 0.25) is 0 Å². The van der Waals surface area contributed by atoms with Crippen molar-refractivity contribution in [2.45, 2.75) is 37.3 Å². The zero-order valence-corrected chi connectivity index (χ0v) is 13.4. The highest BCUT2D eigenvalue weighted by molar-refractivity contribution is 5.69. The molecule has 0 unspecified atom stereocenters. The summed E-state index contributed by atoms with van der Waals surface area (Å²) in [5, 5.41) is 2.75. The molecule has 3 rings (SSSR count). The minimum absolute atomic E-state index is 0.0339. The number of alkyl carbamates (subject to hydrolysis) is 1. The van der Waals surface area contributed by atoms with Crippen LogP contribution in [-0.2, 0) is 4.74 Å². The van der Waals surface area contributed by atoms with E-state index >= 15 is 0 Å². The number of ether oxygens (including phenoxy) is 1. The summed E-state index contributed by atoms with van der Waals surface area (Å²) in [5.74, 6) is -0.294. The van der Waals surface area contributed by atoms with Crippen molar-refractivity contribution < 1.29 is 13.9 Å². The van der Waals surface area contributed by atoms with E-state index in [0.717, 1.165) is 38.0 Å². The van der Waals surface area contributed by atoms with E-state index in [2.05, 4.69) is 10.2 Å². The van der Waals surface area contributed by atoms with E-state index < -0.39 is 5.60 Å². The van der Waals surface area contributed by atoms with E-state index in [0.29, 0.717) is 6.54 Å². The third kappa shape index (κ3) is 3.48. The van der Waals surface area contributed by atoms with Crippen molar-refractivity contribution in [1.29, 1.82) is 0 Å². The largest absolute Gasteiger partial charge is 0.442 e. The van der Waals surface area contributed by atoms with Crippen LogP contribution in [0.3, 0.4) is 0 Å². The van der Waals surface area contributed by atoms with Crippen molar-refractivity contribution in [3.63, 3.8) is 0 Å². The maximum absolute atomic E-state index is 13.6. The first-order valence-corrected chi connectivity index (χ1v) is 8.19. The Labute approximate surface area is 136 Å². The van der Waals surface area contributed by atoms with Crippen LogP contribution in [0.2, 0.25) is 0 Å². The Morgan fingerprint density at radius 3 is 2.87 bits per heavy atom. The Morgan fingerprint density at radius 1 is 1.48 bits per heavy atom. The number of carbonyl (C=O) groups is 1. The molecule has 2 aliphatic rings. The first kappa shape index (κ1) is 16.2. The summed E-state index contributed by atoms with van der Waals surface area (Å²) in [4.78, 5) is 14.1. The molecular formula is C17H24FN3O2. The molecule has 1 aromatic carbocycles. The minimum Gasteiger partial charge on any atom is -0.442 e. The molecular weight excluding hydrogens is 297 g/mol. The number of hydrogen-bond donors (Lipinski definition) is 2. The lowest BCUT2D eigenvalue weighted by atomic mass is 9.74. The standard InChI is InChI=1S/C17H24FN3O2/c1-12(19)11-21-7-5-17(6-8-21)15(10-20-16(22)23-17)13-3-2-4-14(18)9-13/h2-4,9,12,15H,5-8,10-11,19H2,1H3,(H,20,22)/t12-,15-/m0/s1. The van der Waals surface area contributed by atoms with Gasteiger partial charge < -0.3 is 20.7 Å². The number of amides is 1. The number of benzene rings is 1.